The lowest BCUT2D eigenvalue weighted by atomic mass is 10.1. The number of amides is 1. The summed E-state index contributed by atoms with van der Waals surface area (Å²) < 4.78 is 1.79. The molecule has 0 bridgehead atoms. The van der Waals surface area contributed by atoms with Crippen molar-refractivity contribution >= 4 is 5.91 Å². The standard InChI is InChI=1S/C21H31N5O2/c1-2-3-4-5-6-7-17-15-26(25-24-17)18-10-8-16(9-11-18)14-23-21(28)20-19(27)12-13-22-20/h8-11,15,19-20,22,27H,2-7,12-14H2,1H3,(H,23,28)/t19-,20-/m0/s1. The maximum Gasteiger partial charge on any atom is 0.240 e. The molecule has 0 radical (unpaired) electrons. The highest BCUT2D eigenvalue weighted by molar-refractivity contribution is 5.82. The summed E-state index contributed by atoms with van der Waals surface area (Å²) >= 11 is 0. The summed E-state index contributed by atoms with van der Waals surface area (Å²) in [4.78, 5) is 12.1. The molecule has 1 fully saturated rings. The van der Waals surface area contributed by atoms with Crippen molar-refractivity contribution in [3.8, 4) is 5.69 Å². The summed E-state index contributed by atoms with van der Waals surface area (Å²) in [5.41, 5.74) is 2.98. The zero-order chi connectivity index (χ0) is 19.8. The fraction of sp³-hybridized carbons (Fsp3) is 0.571. The van der Waals surface area contributed by atoms with Gasteiger partial charge in [0.2, 0.25) is 5.91 Å². The van der Waals surface area contributed by atoms with Gasteiger partial charge in [0.1, 0.15) is 6.04 Å². The van der Waals surface area contributed by atoms with Crippen LogP contribution in [0.1, 0.15) is 56.7 Å². The van der Waals surface area contributed by atoms with Gasteiger partial charge in [-0.2, -0.15) is 0 Å². The van der Waals surface area contributed by atoms with E-state index >= 15 is 0 Å². The highest BCUT2D eigenvalue weighted by Gasteiger charge is 2.30. The molecule has 0 saturated carbocycles. The van der Waals surface area contributed by atoms with E-state index in [1.807, 2.05) is 30.5 Å². The van der Waals surface area contributed by atoms with Gasteiger partial charge in [0, 0.05) is 6.54 Å². The van der Waals surface area contributed by atoms with Gasteiger partial charge in [-0.15, -0.1) is 5.10 Å². The monoisotopic (exact) mass is 385 g/mol. The number of nitrogens with one attached hydrogen (secondary N) is 2. The van der Waals surface area contributed by atoms with Crippen LogP contribution in [0.15, 0.2) is 30.5 Å². The van der Waals surface area contributed by atoms with Gasteiger partial charge in [-0.3, -0.25) is 4.79 Å². The zero-order valence-electron chi connectivity index (χ0n) is 16.6. The third-order valence-electron chi connectivity index (χ3n) is 5.22. The molecule has 3 rings (SSSR count). The second-order valence-corrected chi connectivity index (χ2v) is 7.49. The molecule has 2 aromatic rings. The summed E-state index contributed by atoms with van der Waals surface area (Å²) in [6.07, 6.45) is 9.22. The Bertz CT molecular complexity index is 744. The number of unbranched alkanes of at least 4 members (excludes halogenated alkanes) is 4. The van der Waals surface area contributed by atoms with Crippen molar-refractivity contribution in [3.05, 3.63) is 41.7 Å². The molecule has 1 aromatic carbocycles. The molecule has 1 saturated heterocycles. The van der Waals surface area contributed by atoms with E-state index in [-0.39, 0.29) is 5.91 Å². The predicted octanol–water partition coefficient (Wildman–Crippen LogP) is 2.12. The maximum absolute atomic E-state index is 12.1. The van der Waals surface area contributed by atoms with Crippen LogP contribution in [0.5, 0.6) is 0 Å². The quantitative estimate of drug-likeness (QED) is 0.545. The van der Waals surface area contributed by atoms with E-state index in [2.05, 4.69) is 27.9 Å². The first-order valence-corrected chi connectivity index (χ1v) is 10.4. The van der Waals surface area contributed by atoms with Gasteiger partial charge >= 0.3 is 0 Å². The van der Waals surface area contributed by atoms with Crippen molar-refractivity contribution in [2.24, 2.45) is 0 Å². The first-order chi connectivity index (χ1) is 13.7. The minimum Gasteiger partial charge on any atom is -0.391 e. The van der Waals surface area contributed by atoms with Crippen molar-refractivity contribution in [2.75, 3.05) is 6.54 Å². The Labute approximate surface area is 166 Å². The average molecular weight is 386 g/mol. The molecule has 7 nitrogen and oxygen atoms in total. The molecule has 7 heteroatoms. The maximum atomic E-state index is 12.1. The molecule has 2 atom stereocenters. The van der Waals surface area contributed by atoms with Crippen molar-refractivity contribution in [1.82, 2.24) is 25.6 Å². The minimum atomic E-state index is -0.601. The van der Waals surface area contributed by atoms with E-state index in [9.17, 15) is 9.90 Å². The number of hydrogen-bond acceptors (Lipinski definition) is 5. The van der Waals surface area contributed by atoms with Crippen LogP contribution < -0.4 is 10.6 Å². The van der Waals surface area contributed by atoms with Crippen LogP contribution in [0.2, 0.25) is 0 Å². The van der Waals surface area contributed by atoms with Gasteiger partial charge < -0.3 is 15.7 Å². The highest BCUT2D eigenvalue weighted by atomic mass is 16.3. The SMILES string of the molecule is CCCCCCCc1cn(-c2ccc(CNC(=O)[C@H]3NCC[C@@H]3O)cc2)nn1. The molecule has 0 spiro atoms. The van der Waals surface area contributed by atoms with E-state index in [1.165, 1.54) is 25.7 Å². The summed E-state index contributed by atoms with van der Waals surface area (Å²) in [6, 6.07) is 7.39. The molecule has 1 amide bonds. The molecule has 1 aliphatic rings. The fourth-order valence-electron chi connectivity index (χ4n) is 3.47. The number of nitrogens with zero attached hydrogens (tertiary/aromatic N) is 3. The van der Waals surface area contributed by atoms with Crippen LogP contribution in [0.25, 0.3) is 5.69 Å². The van der Waals surface area contributed by atoms with Gasteiger partial charge in [0.15, 0.2) is 0 Å². The minimum absolute atomic E-state index is 0.158. The normalized spacial score (nSPS) is 19.1. The van der Waals surface area contributed by atoms with Crippen LogP contribution in [-0.4, -0.2) is 44.7 Å². The molecule has 1 aliphatic heterocycles. The molecular weight excluding hydrogens is 354 g/mol. The van der Waals surface area contributed by atoms with E-state index in [0.717, 1.165) is 29.8 Å². The largest absolute Gasteiger partial charge is 0.391 e. The Morgan fingerprint density at radius 3 is 2.75 bits per heavy atom. The second-order valence-electron chi connectivity index (χ2n) is 7.49. The smallest absolute Gasteiger partial charge is 0.240 e. The van der Waals surface area contributed by atoms with Crippen LogP contribution in [0, 0.1) is 0 Å². The number of aliphatic hydroxyl groups excluding tert-OH is 1. The molecule has 0 aliphatic carbocycles. The van der Waals surface area contributed by atoms with Gasteiger partial charge in [-0.05, 0) is 43.5 Å². The van der Waals surface area contributed by atoms with Crippen molar-refractivity contribution in [1.29, 1.82) is 0 Å². The van der Waals surface area contributed by atoms with E-state index in [4.69, 9.17) is 0 Å². The summed E-state index contributed by atoms with van der Waals surface area (Å²) in [5, 5.41) is 24.2. The Balaban J connectivity index is 1.47. The van der Waals surface area contributed by atoms with Crippen LogP contribution in [-0.2, 0) is 17.8 Å². The number of benzene rings is 1. The topological polar surface area (TPSA) is 92.1 Å². The number of aliphatic hydroxyl groups is 1. The lowest BCUT2D eigenvalue weighted by Gasteiger charge is -2.14. The van der Waals surface area contributed by atoms with Gasteiger partial charge in [-0.1, -0.05) is 50.0 Å². The number of aryl methyl sites for hydroxylation is 1. The molecule has 3 N–H and O–H groups in total. The Hall–Kier alpha value is -2.25. The van der Waals surface area contributed by atoms with E-state index < -0.39 is 12.1 Å². The lowest BCUT2D eigenvalue weighted by Crippen LogP contribution is -2.45. The van der Waals surface area contributed by atoms with Crippen molar-refractivity contribution in [2.45, 2.75) is 70.6 Å². The van der Waals surface area contributed by atoms with Gasteiger partial charge in [0.25, 0.3) is 0 Å². The number of aromatic nitrogens is 3. The van der Waals surface area contributed by atoms with Crippen molar-refractivity contribution in [3.63, 3.8) is 0 Å². The zero-order valence-corrected chi connectivity index (χ0v) is 16.6. The molecular formula is C21H31N5O2. The molecule has 1 aromatic heterocycles. The van der Waals surface area contributed by atoms with Crippen LogP contribution in [0.3, 0.4) is 0 Å². The summed E-state index contributed by atoms with van der Waals surface area (Å²) in [5.74, 6) is -0.158. The Kier molecular flexibility index (Phi) is 7.56. The van der Waals surface area contributed by atoms with E-state index in [1.54, 1.807) is 4.68 Å². The summed E-state index contributed by atoms with van der Waals surface area (Å²) in [7, 11) is 0. The third kappa shape index (κ3) is 5.62. The van der Waals surface area contributed by atoms with Crippen molar-refractivity contribution < 1.29 is 9.90 Å². The Morgan fingerprint density at radius 1 is 1.25 bits per heavy atom. The fourth-order valence-corrected chi connectivity index (χ4v) is 3.47. The molecule has 152 valence electrons. The average Bonchev–Trinajstić information content (AvgIpc) is 3.35. The van der Waals surface area contributed by atoms with Gasteiger partial charge in [-0.25, -0.2) is 4.68 Å². The molecule has 2 heterocycles. The predicted molar refractivity (Wildman–Crippen MR) is 108 cm³/mol. The first kappa shape index (κ1) is 20.5. The second kappa shape index (κ2) is 10.3. The third-order valence-corrected chi connectivity index (χ3v) is 5.22. The van der Waals surface area contributed by atoms with E-state index in [0.29, 0.717) is 19.5 Å². The first-order valence-electron chi connectivity index (χ1n) is 10.4. The molecule has 0 unspecified atom stereocenters. The summed E-state index contributed by atoms with van der Waals surface area (Å²) in [6.45, 7) is 3.33. The van der Waals surface area contributed by atoms with Gasteiger partial charge in [0.05, 0.1) is 23.7 Å². The Morgan fingerprint density at radius 2 is 2.04 bits per heavy atom. The lowest BCUT2D eigenvalue weighted by molar-refractivity contribution is -0.124. The van der Waals surface area contributed by atoms with Crippen LogP contribution in [0.4, 0.5) is 0 Å². The number of carbonyl (C=O) groups excluding carboxylic acids is 1. The molecule has 28 heavy (non-hydrogen) atoms. The number of carbonyl (C=O) groups is 1. The van der Waals surface area contributed by atoms with Crippen LogP contribution >= 0.6 is 0 Å². The number of rotatable bonds is 10. The highest BCUT2D eigenvalue weighted by Crippen LogP contribution is 2.12. The number of hydrogen-bond donors (Lipinski definition) is 3.